The fraction of sp³-hybridized carbons (Fsp3) is 0.167. The molecule has 0 aliphatic rings. The minimum Gasteiger partial charge on any atom is -0.350 e. The van der Waals surface area contributed by atoms with Crippen molar-refractivity contribution in [3.8, 4) is 11.4 Å². The molecule has 0 fully saturated rings. The number of halogens is 3. The molecule has 148 valence electrons. The molecular formula is C18H13F3N6O2. The molecule has 0 bridgehead atoms. The number of imidazole rings is 1. The Morgan fingerprint density at radius 3 is 2.83 bits per heavy atom. The van der Waals surface area contributed by atoms with Crippen LogP contribution in [0.15, 0.2) is 53.6 Å². The van der Waals surface area contributed by atoms with E-state index < -0.39 is 12.1 Å². The molecule has 0 saturated carbocycles. The van der Waals surface area contributed by atoms with Crippen LogP contribution in [0.3, 0.4) is 0 Å². The molecule has 8 nitrogen and oxygen atoms in total. The van der Waals surface area contributed by atoms with Crippen LogP contribution in [0.4, 0.5) is 13.2 Å². The number of rotatable bonds is 5. The Bertz CT molecular complexity index is 1150. The van der Waals surface area contributed by atoms with Gasteiger partial charge in [-0.3, -0.25) is 9.78 Å². The Labute approximate surface area is 161 Å². The molecular weight excluding hydrogens is 389 g/mol. The Hall–Kier alpha value is -3.76. The minimum atomic E-state index is -4.70. The summed E-state index contributed by atoms with van der Waals surface area (Å²) in [5.41, 5.74) is 2.13. The Kier molecular flexibility index (Phi) is 4.71. The second-order valence-electron chi connectivity index (χ2n) is 6.06. The van der Waals surface area contributed by atoms with E-state index in [0.717, 1.165) is 5.52 Å². The van der Waals surface area contributed by atoms with Crippen LogP contribution in [0, 0.1) is 0 Å². The zero-order valence-corrected chi connectivity index (χ0v) is 14.7. The summed E-state index contributed by atoms with van der Waals surface area (Å²) in [5.74, 6) is -1.80. The van der Waals surface area contributed by atoms with Crippen molar-refractivity contribution in [3.63, 3.8) is 0 Å². The number of nitrogens with one attached hydrogen (secondary N) is 1. The van der Waals surface area contributed by atoms with Crippen molar-refractivity contribution in [1.82, 2.24) is 30.0 Å². The normalized spacial score (nSPS) is 11.7. The van der Waals surface area contributed by atoms with Crippen LogP contribution < -0.4 is 5.32 Å². The third-order valence-electron chi connectivity index (χ3n) is 4.11. The molecule has 0 spiro atoms. The first kappa shape index (κ1) is 18.6. The Balaban J connectivity index is 1.46. The van der Waals surface area contributed by atoms with Gasteiger partial charge in [-0.25, -0.2) is 4.98 Å². The van der Waals surface area contributed by atoms with Gasteiger partial charge in [-0.15, -0.1) is 0 Å². The summed E-state index contributed by atoms with van der Waals surface area (Å²) in [6.07, 6.45) is -0.0496. The number of nitrogens with zero attached hydrogens (tertiary/aromatic N) is 5. The lowest BCUT2D eigenvalue weighted by Crippen LogP contribution is -2.27. The highest BCUT2D eigenvalue weighted by molar-refractivity contribution is 5.93. The average molecular weight is 402 g/mol. The van der Waals surface area contributed by atoms with Crippen LogP contribution in [-0.4, -0.2) is 37.1 Å². The van der Waals surface area contributed by atoms with Crippen molar-refractivity contribution >= 4 is 16.9 Å². The van der Waals surface area contributed by atoms with Crippen molar-refractivity contribution in [2.24, 2.45) is 0 Å². The summed E-state index contributed by atoms with van der Waals surface area (Å²) in [7, 11) is 0. The van der Waals surface area contributed by atoms with Crippen molar-refractivity contribution in [1.29, 1.82) is 0 Å². The van der Waals surface area contributed by atoms with E-state index in [0.29, 0.717) is 29.7 Å². The molecule has 4 rings (SSSR count). The molecule has 0 radical (unpaired) electrons. The maximum absolute atomic E-state index is 12.6. The van der Waals surface area contributed by atoms with Crippen molar-refractivity contribution in [2.75, 3.05) is 6.54 Å². The van der Waals surface area contributed by atoms with E-state index in [9.17, 15) is 18.0 Å². The quantitative estimate of drug-likeness (QED) is 0.551. The monoisotopic (exact) mass is 402 g/mol. The average Bonchev–Trinajstić information content (AvgIpc) is 3.35. The highest BCUT2D eigenvalue weighted by Gasteiger charge is 2.38. The molecule has 11 heteroatoms. The fourth-order valence-corrected chi connectivity index (χ4v) is 2.73. The molecule has 3 heterocycles. The Morgan fingerprint density at radius 2 is 2.10 bits per heavy atom. The summed E-state index contributed by atoms with van der Waals surface area (Å²) in [6.45, 7) is 0.822. The van der Waals surface area contributed by atoms with E-state index in [4.69, 9.17) is 0 Å². The SMILES string of the molecule is O=C(NCCn1cnc2cc(-c3noc(C(F)(F)F)n3)ccc21)c1cccnc1. The molecule has 0 atom stereocenters. The molecule has 3 aromatic heterocycles. The number of carbonyl (C=O) groups is 1. The number of hydrogen-bond acceptors (Lipinski definition) is 6. The van der Waals surface area contributed by atoms with E-state index in [2.05, 4.69) is 29.9 Å². The van der Waals surface area contributed by atoms with E-state index in [1.54, 1.807) is 42.9 Å². The number of fused-ring (bicyclic) bond motifs is 1. The van der Waals surface area contributed by atoms with Gasteiger partial charge in [0.15, 0.2) is 0 Å². The standard InChI is InChI=1S/C18H13F3N6O2/c19-18(20,21)17-25-15(26-29-17)11-3-4-14-13(8-11)24-10-27(14)7-6-23-16(28)12-2-1-5-22-9-12/h1-5,8-10H,6-7H2,(H,23,28). The molecule has 1 aromatic carbocycles. The predicted octanol–water partition coefficient (Wildman–Crippen LogP) is 2.93. The van der Waals surface area contributed by atoms with Gasteiger partial charge in [-0.2, -0.15) is 18.2 Å². The summed E-state index contributed by atoms with van der Waals surface area (Å²) < 4.78 is 43.9. The van der Waals surface area contributed by atoms with Gasteiger partial charge in [0.25, 0.3) is 5.91 Å². The molecule has 4 aromatic rings. The summed E-state index contributed by atoms with van der Waals surface area (Å²) in [5, 5.41) is 6.16. The van der Waals surface area contributed by atoms with Gasteiger partial charge >= 0.3 is 12.1 Å². The number of hydrogen-bond donors (Lipinski definition) is 1. The van der Waals surface area contributed by atoms with Crippen LogP contribution in [0.2, 0.25) is 0 Å². The maximum atomic E-state index is 12.6. The largest absolute Gasteiger partial charge is 0.471 e. The molecule has 0 unspecified atom stereocenters. The second kappa shape index (κ2) is 7.34. The van der Waals surface area contributed by atoms with Crippen molar-refractivity contribution < 1.29 is 22.5 Å². The predicted molar refractivity (Wildman–Crippen MR) is 94.6 cm³/mol. The van der Waals surface area contributed by atoms with Gasteiger partial charge in [0.05, 0.1) is 22.9 Å². The molecule has 1 N–H and O–H groups in total. The lowest BCUT2D eigenvalue weighted by Gasteiger charge is -2.07. The molecule has 29 heavy (non-hydrogen) atoms. The lowest BCUT2D eigenvalue weighted by molar-refractivity contribution is -0.159. The van der Waals surface area contributed by atoms with Crippen molar-refractivity contribution in [2.45, 2.75) is 12.7 Å². The first-order valence-electron chi connectivity index (χ1n) is 8.46. The van der Waals surface area contributed by atoms with Gasteiger partial charge in [0, 0.05) is 31.0 Å². The zero-order valence-electron chi connectivity index (χ0n) is 14.7. The fourth-order valence-electron chi connectivity index (χ4n) is 2.73. The highest BCUT2D eigenvalue weighted by atomic mass is 19.4. The van der Waals surface area contributed by atoms with Gasteiger partial charge in [-0.05, 0) is 30.3 Å². The minimum absolute atomic E-state index is 0.169. The first-order valence-corrected chi connectivity index (χ1v) is 8.46. The van der Waals surface area contributed by atoms with E-state index in [1.165, 1.54) is 6.20 Å². The van der Waals surface area contributed by atoms with E-state index in [1.807, 2.05) is 4.57 Å². The van der Waals surface area contributed by atoms with Crippen LogP contribution in [0.1, 0.15) is 16.2 Å². The second-order valence-corrected chi connectivity index (χ2v) is 6.06. The Morgan fingerprint density at radius 1 is 1.24 bits per heavy atom. The van der Waals surface area contributed by atoms with Gasteiger partial charge in [0.2, 0.25) is 5.82 Å². The van der Waals surface area contributed by atoms with Gasteiger partial charge < -0.3 is 14.4 Å². The number of aromatic nitrogens is 5. The van der Waals surface area contributed by atoms with Gasteiger partial charge in [-0.1, -0.05) is 5.16 Å². The van der Waals surface area contributed by atoms with Crippen LogP contribution >= 0.6 is 0 Å². The first-order chi connectivity index (χ1) is 13.9. The smallest absolute Gasteiger partial charge is 0.350 e. The van der Waals surface area contributed by atoms with Crippen LogP contribution in [0.5, 0.6) is 0 Å². The lowest BCUT2D eigenvalue weighted by atomic mass is 10.2. The molecule has 0 aliphatic heterocycles. The van der Waals surface area contributed by atoms with Crippen LogP contribution in [-0.2, 0) is 12.7 Å². The maximum Gasteiger partial charge on any atom is 0.471 e. The third-order valence-corrected chi connectivity index (χ3v) is 4.11. The highest BCUT2D eigenvalue weighted by Crippen LogP contribution is 2.30. The third kappa shape index (κ3) is 3.93. The zero-order chi connectivity index (χ0) is 20.4. The van der Waals surface area contributed by atoms with Crippen LogP contribution in [0.25, 0.3) is 22.4 Å². The van der Waals surface area contributed by atoms with E-state index >= 15 is 0 Å². The number of amides is 1. The van der Waals surface area contributed by atoms with Gasteiger partial charge in [0.1, 0.15) is 0 Å². The summed E-state index contributed by atoms with van der Waals surface area (Å²) in [4.78, 5) is 23.6. The number of benzene rings is 1. The van der Waals surface area contributed by atoms with E-state index in [-0.39, 0.29) is 11.7 Å². The molecule has 0 saturated heterocycles. The summed E-state index contributed by atoms with van der Waals surface area (Å²) in [6, 6.07) is 8.20. The number of alkyl halides is 3. The molecule has 1 amide bonds. The number of carbonyl (C=O) groups excluding carboxylic acids is 1. The van der Waals surface area contributed by atoms with Crippen molar-refractivity contribution in [3.05, 3.63) is 60.5 Å². The molecule has 0 aliphatic carbocycles. The summed E-state index contributed by atoms with van der Waals surface area (Å²) >= 11 is 0. The number of pyridine rings is 1. The topological polar surface area (TPSA) is 98.7 Å².